The number of carbonyl (C=O) groups is 2. The summed E-state index contributed by atoms with van der Waals surface area (Å²) >= 11 is 0. The molecule has 2 amide bonds. The summed E-state index contributed by atoms with van der Waals surface area (Å²) in [7, 11) is 1.59. The highest BCUT2D eigenvalue weighted by Crippen LogP contribution is 2.32. The fraction of sp³-hybridized carbons (Fsp3) is 0.250. The number of para-hydroxylation sites is 1. The van der Waals surface area contributed by atoms with Gasteiger partial charge in [-0.05, 0) is 48.7 Å². The zero-order valence-electron chi connectivity index (χ0n) is 17.9. The van der Waals surface area contributed by atoms with Gasteiger partial charge in [0, 0.05) is 24.3 Å². The lowest BCUT2D eigenvalue weighted by atomic mass is 10.1. The number of methoxy groups -OCH3 is 1. The average Bonchev–Trinajstić information content (AvgIpc) is 3.14. The third-order valence-corrected chi connectivity index (χ3v) is 5.45. The molecule has 2 aromatic carbocycles. The van der Waals surface area contributed by atoms with Gasteiger partial charge in [-0.1, -0.05) is 30.3 Å². The average molecular weight is 432 g/mol. The molecule has 1 atom stereocenters. The van der Waals surface area contributed by atoms with Crippen LogP contribution in [0, 0.1) is 0 Å². The van der Waals surface area contributed by atoms with E-state index in [2.05, 4.69) is 10.4 Å². The maximum Gasteiger partial charge on any atom is 0.278 e. The van der Waals surface area contributed by atoms with Crippen molar-refractivity contribution in [3.63, 3.8) is 0 Å². The molecule has 1 aromatic heterocycles. The maximum absolute atomic E-state index is 13.2. The molecule has 8 nitrogen and oxygen atoms in total. The molecular weight excluding hydrogens is 408 g/mol. The van der Waals surface area contributed by atoms with Gasteiger partial charge >= 0.3 is 0 Å². The predicted octanol–water partition coefficient (Wildman–Crippen LogP) is 2.16. The molecule has 8 heteroatoms. The van der Waals surface area contributed by atoms with Gasteiger partial charge in [0.05, 0.1) is 7.11 Å². The molecule has 1 N–H and O–H groups in total. The molecule has 1 aliphatic heterocycles. The first-order chi connectivity index (χ1) is 15.5. The summed E-state index contributed by atoms with van der Waals surface area (Å²) in [6, 6.07) is 17.7. The molecule has 0 fully saturated rings. The van der Waals surface area contributed by atoms with E-state index in [4.69, 9.17) is 4.74 Å². The maximum atomic E-state index is 13.2. The molecular formula is C24H24N4O4. The van der Waals surface area contributed by atoms with Crippen molar-refractivity contribution in [3.8, 4) is 5.75 Å². The summed E-state index contributed by atoms with van der Waals surface area (Å²) in [5.74, 6) is 0.0574. The van der Waals surface area contributed by atoms with Crippen molar-refractivity contribution in [2.24, 2.45) is 0 Å². The van der Waals surface area contributed by atoms with Gasteiger partial charge in [0.2, 0.25) is 5.91 Å². The minimum absolute atomic E-state index is 0.0186. The number of anilines is 1. The summed E-state index contributed by atoms with van der Waals surface area (Å²) in [5, 5.41) is 6.94. The molecule has 164 valence electrons. The Bertz CT molecular complexity index is 1200. The smallest absolute Gasteiger partial charge is 0.278 e. The number of fused-ring (bicyclic) bond motifs is 1. The third kappa shape index (κ3) is 4.39. The number of nitrogens with one attached hydrogen (secondary N) is 1. The van der Waals surface area contributed by atoms with Gasteiger partial charge in [0.1, 0.15) is 18.0 Å². The van der Waals surface area contributed by atoms with E-state index in [9.17, 15) is 14.4 Å². The number of hydrogen-bond acceptors (Lipinski definition) is 5. The van der Waals surface area contributed by atoms with Gasteiger partial charge in [-0.2, -0.15) is 5.10 Å². The number of hydrogen-bond donors (Lipinski definition) is 1. The summed E-state index contributed by atoms with van der Waals surface area (Å²) in [6.45, 7) is 2.00. The van der Waals surface area contributed by atoms with E-state index in [-0.39, 0.29) is 30.1 Å². The molecule has 0 radical (unpaired) electrons. The molecule has 2 heterocycles. The number of ether oxygens (including phenoxy) is 1. The topological polar surface area (TPSA) is 93.5 Å². The zero-order valence-corrected chi connectivity index (χ0v) is 17.9. The molecule has 32 heavy (non-hydrogen) atoms. The molecule has 0 saturated heterocycles. The lowest BCUT2D eigenvalue weighted by Crippen LogP contribution is -2.38. The number of amides is 2. The van der Waals surface area contributed by atoms with Crippen LogP contribution in [-0.2, 0) is 24.3 Å². The first-order valence-corrected chi connectivity index (χ1v) is 10.4. The van der Waals surface area contributed by atoms with E-state index < -0.39 is 5.56 Å². The van der Waals surface area contributed by atoms with Gasteiger partial charge < -0.3 is 15.0 Å². The van der Waals surface area contributed by atoms with E-state index in [1.165, 1.54) is 12.1 Å². The summed E-state index contributed by atoms with van der Waals surface area (Å²) in [4.78, 5) is 39.5. The Kier molecular flexibility index (Phi) is 6.02. The molecule has 1 aliphatic rings. The van der Waals surface area contributed by atoms with Gasteiger partial charge in [-0.25, -0.2) is 4.68 Å². The number of nitrogens with zero attached hydrogens (tertiary/aromatic N) is 3. The van der Waals surface area contributed by atoms with Gasteiger partial charge in [-0.3, -0.25) is 14.4 Å². The van der Waals surface area contributed by atoms with Crippen LogP contribution in [0.25, 0.3) is 0 Å². The van der Waals surface area contributed by atoms with E-state index in [0.717, 1.165) is 33.7 Å². The second-order valence-electron chi connectivity index (χ2n) is 7.70. The van der Waals surface area contributed by atoms with Crippen LogP contribution < -0.4 is 20.5 Å². The quantitative estimate of drug-likeness (QED) is 0.644. The number of aromatic nitrogens is 2. The Morgan fingerprint density at radius 2 is 1.84 bits per heavy atom. The van der Waals surface area contributed by atoms with Crippen molar-refractivity contribution in [1.82, 2.24) is 15.1 Å². The Hall–Kier alpha value is -3.94. The van der Waals surface area contributed by atoms with Gasteiger partial charge in [0.15, 0.2) is 0 Å². The summed E-state index contributed by atoms with van der Waals surface area (Å²) in [5.41, 5.74) is 2.51. The highest BCUT2D eigenvalue weighted by Gasteiger charge is 2.32. The summed E-state index contributed by atoms with van der Waals surface area (Å²) < 4.78 is 6.13. The van der Waals surface area contributed by atoms with Crippen LogP contribution in [0.5, 0.6) is 5.75 Å². The van der Waals surface area contributed by atoms with Crippen molar-refractivity contribution < 1.29 is 14.3 Å². The minimum atomic E-state index is -0.448. The van der Waals surface area contributed by atoms with Crippen LogP contribution in [-0.4, -0.2) is 34.7 Å². The highest BCUT2D eigenvalue weighted by atomic mass is 16.5. The van der Waals surface area contributed by atoms with E-state index in [1.807, 2.05) is 43.3 Å². The molecule has 3 aromatic rings. The zero-order chi connectivity index (χ0) is 22.7. The second-order valence-corrected chi connectivity index (χ2v) is 7.70. The number of carbonyl (C=O) groups excluding carboxylic acids is 2. The first kappa shape index (κ1) is 21.3. The van der Waals surface area contributed by atoms with Gasteiger partial charge in [0.25, 0.3) is 11.5 Å². The SMILES string of the molecule is COc1ccc(CNC(=O)Cn2nc(C(=O)N3c4ccccc4C[C@@H]3C)ccc2=O)cc1. The van der Waals surface area contributed by atoms with Crippen LogP contribution in [0.3, 0.4) is 0 Å². The van der Waals surface area contributed by atoms with Crippen LogP contribution in [0.1, 0.15) is 28.5 Å². The van der Waals surface area contributed by atoms with Crippen LogP contribution in [0.4, 0.5) is 5.69 Å². The summed E-state index contributed by atoms with van der Waals surface area (Å²) in [6.07, 6.45) is 0.759. The van der Waals surface area contributed by atoms with Crippen molar-refractivity contribution in [1.29, 1.82) is 0 Å². The van der Waals surface area contributed by atoms with Crippen molar-refractivity contribution >= 4 is 17.5 Å². The first-order valence-electron chi connectivity index (χ1n) is 10.4. The Morgan fingerprint density at radius 3 is 2.59 bits per heavy atom. The molecule has 0 aliphatic carbocycles. The fourth-order valence-corrected chi connectivity index (χ4v) is 3.81. The fourth-order valence-electron chi connectivity index (χ4n) is 3.81. The Morgan fingerprint density at radius 1 is 1.09 bits per heavy atom. The Balaban J connectivity index is 1.46. The number of benzene rings is 2. The van der Waals surface area contributed by atoms with Crippen molar-refractivity contribution in [2.75, 3.05) is 12.0 Å². The molecule has 0 saturated carbocycles. The highest BCUT2D eigenvalue weighted by molar-refractivity contribution is 6.06. The Labute approximate surface area is 185 Å². The number of rotatable bonds is 6. The predicted molar refractivity (Wildman–Crippen MR) is 120 cm³/mol. The lowest BCUT2D eigenvalue weighted by Gasteiger charge is -2.22. The third-order valence-electron chi connectivity index (χ3n) is 5.45. The molecule has 0 spiro atoms. The molecule has 4 rings (SSSR count). The second kappa shape index (κ2) is 9.05. The van der Waals surface area contributed by atoms with Crippen molar-refractivity contribution in [3.05, 3.63) is 87.8 Å². The van der Waals surface area contributed by atoms with E-state index in [1.54, 1.807) is 24.1 Å². The largest absolute Gasteiger partial charge is 0.497 e. The van der Waals surface area contributed by atoms with Crippen molar-refractivity contribution in [2.45, 2.75) is 32.5 Å². The molecule has 0 bridgehead atoms. The van der Waals surface area contributed by atoms with Crippen LogP contribution >= 0.6 is 0 Å². The monoisotopic (exact) mass is 432 g/mol. The molecule has 0 unspecified atom stereocenters. The lowest BCUT2D eigenvalue weighted by molar-refractivity contribution is -0.122. The van der Waals surface area contributed by atoms with Crippen LogP contribution in [0.15, 0.2) is 65.5 Å². The minimum Gasteiger partial charge on any atom is -0.497 e. The van der Waals surface area contributed by atoms with E-state index in [0.29, 0.717) is 6.54 Å². The standard InChI is InChI=1S/C24H24N4O4/c1-16-13-18-5-3-4-6-21(18)28(16)24(31)20-11-12-23(30)27(26-20)15-22(29)25-14-17-7-9-19(32-2)10-8-17/h3-12,16H,13-15H2,1-2H3,(H,25,29)/t16-/m0/s1. The van der Waals surface area contributed by atoms with Gasteiger partial charge in [-0.15, -0.1) is 0 Å². The van der Waals surface area contributed by atoms with Crippen LogP contribution in [0.2, 0.25) is 0 Å². The van der Waals surface area contributed by atoms with E-state index >= 15 is 0 Å². The normalized spacial score (nSPS) is 14.7.